The molecule has 1 fully saturated rings. The maximum Gasteiger partial charge on any atom is 0.345 e. The number of carbonyl (C=O) groups is 1. The number of carbonyl (C=O) groups excluding carboxylic acids is 1. The van der Waals surface area contributed by atoms with E-state index in [0.717, 1.165) is 29.7 Å². The van der Waals surface area contributed by atoms with Gasteiger partial charge in [-0.1, -0.05) is 29.8 Å². The molecule has 30 heavy (non-hydrogen) atoms. The highest BCUT2D eigenvalue weighted by atomic mass is 35.5. The van der Waals surface area contributed by atoms with Gasteiger partial charge in [0.05, 0.1) is 10.9 Å². The number of anilines is 1. The van der Waals surface area contributed by atoms with E-state index >= 15 is 0 Å². The maximum atomic E-state index is 13.3. The molecule has 1 amide bonds. The summed E-state index contributed by atoms with van der Waals surface area (Å²) < 4.78 is 7.24. The average Bonchev–Trinajstić information content (AvgIpc) is 3.12. The molecule has 1 saturated heterocycles. The molecule has 1 aliphatic rings. The van der Waals surface area contributed by atoms with E-state index in [4.69, 9.17) is 16.0 Å². The smallest absolute Gasteiger partial charge is 0.345 e. The Morgan fingerprint density at radius 1 is 0.967 bits per heavy atom. The number of hydrogen-bond donors (Lipinski definition) is 0. The van der Waals surface area contributed by atoms with Crippen LogP contribution in [0.25, 0.3) is 21.9 Å². The molecular formula is C23H20ClN3O3. The number of halogens is 1. The molecule has 0 saturated carbocycles. The summed E-state index contributed by atoms with van der Waals surface area (Å²) in [6.07, 6.45) is 0. The van der Waals surface area contributed by atoms with Gasteiger partial charge < -0.3 is 18.8 Å². The van der Waals surface area contributed by atoms with Crippen LogP contribution in [-0.4, -0.2) is 41.6 Å². The molecule has 5 rings (SSSR count). The standard InChI is InChI=1S/C23H20ClN3O3/c1-25-19(14-18-21(25)17-7-2-3-8-20(17)30-23(18)29)22(28)27-11-9-26(10-12-27)16-6-4-5-15(24)13-16/h2-8,13-14H,9-12H2,1H3. The van der Waals surface area contributed by atoms with Gasteiger partial charge in [0.15, 0.2) is 0 Å². The molecule has 6 nitrogen and oxygen atoms in total. The molecule has 152 valence electrons. The van der Waals surface area contributed by atoms with E-state index in [9.17, 15) is 9.59 Å². The number of benzene rings is 2. The predicted molar refractivity (Wildman–Crippen MR) is 119 cm³/mol. The largest absolute Gasteiger partial charge is 0.422 e. The van der Waals surface area contributed by atoms with Crippen molar-refractivity contribution in [3.63, 3.8) is 0 Å². The Labute approximate surface area is 177 Å². The zero-order chi connectivity index (χ0) is 20.8. The highest BCUT2D eigenvalue weighted by Gasteiger charge is 2.26. The monoisotopic (exact) mass is 421 g/mol. The van der Waals surface area contributed by atoms with Crippen molar-refractivity contribution in [2.45, 2.75) is 0 Å². The van der Waals surface area contributed by atoms with Crippen molar-refractivity contribution in [1.29, 1.82) is 0 Å². The number of para-hydroxylation sites is 1. The molecule has 0 N–H and O–H groups in total. The molecule has 0 aliphatic carbocycles. The van der Waals surface area contributed by atoms with Gasteiger partial charge in [0.2, 0.25) is 0 Å². The molecule has 3 heterocycles. The Balaban J connectivity index is 1.44. The zero-order valence-corrected chi connectivity index (χ0v) is 17.2. The first-order valence-corrected chi connectivity index (χ1v) is 10.2. The van der Waals surface area contributed by atoms with E-state index in [2.05, 4.69) is 4.90 Å². The topological polar surface area (TPSA) is 58.7 Å². The molecule has 2 aromatic heterocycles. The Morgan fingerprint density at radius 2 is 1.73 bits per heavy atom. The fourth-order valence-corrected chi connectivity index (χ4v) is 4.38. The van der Waals surface area contributed by atoms with E-state index in [-0.39, 0.29) is 5.91 Å². The molecule has 0 spiro atoms. The number of piperazine rings is 1. The van der Waals surface area contributed by atoms with Gasteiger partial charge in [0.1, 0.15) is 11.3 Å². The second-order valence-corrected chi connectivity index (χ2v) is 7.93. The third kappa shape index (κ3) is 3.04. The van der Waals surface area contributed by atoms with E-state index in [0.29, 0.717) is 34.8 Å². The number of aryl methyl sites for hydroxylation is 1. The second kappa shape index (κ2) is 7.22. The number of amides is 1. The van der Waals surface area contributed by atoms with Crippen molar-refractivity contribution >= 4 is 45.1 Å². The van der Waals surface area contributed by atoms with Crippen molar-refractivity contribution in [3.05, 3.63) is 75.7 Å². The third-order valence-electron chi connectivity index (χ3n) is 5.76. The minimum atomic E-state index is -0.427. The summed E-state index contributed by atoms with van der Waals surface area (Å²) in [5, 5.41) is 1.95. The first-order valence-electron chi connectivity index (χ1n) is 9.84. The van der Waals surface area contributed by atoms with Gasteiger partial charge in [-0.15, -0.1) is 0 Å². The van der Waals surface area contributed by atoms with Gasteiger partial charge in [0.25, 0.3) is 5.91 Å². The lowest BCUT2D eigenvalue weighted by atomic mass is 10.2. The van der Waals surface area contributed by atoms with Crippen molar-refractivity contribution < 1.29 is 9.21 Å². The summed E-state index contributed by atoms with van der Waals surface area (Å²) >= 11 is 6.11. The number of nitrogens with zero attached hydrogens (tertiary/aromatic N) is 3. The summed E-state index contributed by atoms with van der Waals surface area (Å²) in [7, 11) is 1.82. The summed E-state index contributed by atoms with van der Waals surface area (Å²) in [6.45, 7) is 2.65. The molecule has 7 heteroatoms. The van der Waals surface area contributed by atoms with Gasteiger partial charge >= 0.3 is 5.63 Å². The fraction of sp³-hybridized carbons (Fsp3) is 0.217. The van der Waals surface area contributed by atoms with Crippen LogP contribution in [0.3, 0.4) is 0 Å². The van der Waals surface area contributed by atoms with Gasteiger partial charge in [-0.05, 0) is 36.4 Å². The lowest BCUT2D eigenvalue weighted by Gasteiger charge is -2.36. The predicted octanol–water partition coefficient (Wildman–Crippen LogP) is 3.90. The third-order valence-corrected chi connectivity index (χ3v) is 5.99. The Kier molecular flexibility index (Phi) is 4.51. The Hall–Kier alpha value is -3.25. The van der Waals surface area contributed by atoms with E-state index in [1.54, 1.807) is 16.7 Å². The molecular weight excluding hydrogens is 402 g/mol. The Morgan fingerprint density at radius 3 is 2.50 bits per heavy atom. The molecule has 0 bridgehead atoms. The second-order valence-electron chi connectivity index (χ2n) is 7.50. The van der Waals surface area contributed by atoms with Gasteiger partial charge in [-0.2, -0.15) is 0 Å². The van der Waals surface area contributed by atoms with Crippen LogP contribution in [0.15, 0.2) is 63.8 Å². The number of hydrogen-bond acceptors (Lipinski definition) is 4. The van der Waals surface area contributed by atoms with Crippen LogP contribution in [-0.2, 0) is 7.05 Å². The van der Waals surface area contributed by atoms with Gasteiger partial charge in [-0.25, -0.2) is 4.79 Å². The van der Waals surface area contributed by atoms with Crippen LogP contribution in [0.4, 0.5) is 5.69 Å². The molecule has 2 aromatic carbocycles. The lowest BCUT2D eigenvalue weighted by molar-refractivity contribution is 0.0737. The number of rotatable bonds is 2. The minimum absolute atomic E-state index is 0.0806. The van der Waals surface area contributed by atoms with E-state index < -0.39 is 5.63 Å². The Bertz CT molecular complexity index is 1330. The molecule has 0 atom stereocenters. The van der Waals surface area contributed by atoms with Crippen molar-refractivity contribution in [2.24, 2.45) is 7.05 Å². The summed E-state index contributed by atoms with van der Waals surface area (Å²) in [5.74, 6) is -0.0806. The summed E-state index contributed by atoms with van der Waals surface area (Å²) in [5.41, 5.74) is 2.37. The first kappa shape index (κ1) is 18.8. The first-order chi connectivity index (χ1) is 14.5. The van der Waals surface area contributed by atoms with Gasteiger partial charge in [0, 0.05) is 49.3 Å². The van der Waals surface area contributed by atoms with Crippen LogP contribution in [0.5, 0.6) is 0 Å². The SMILES string of the molecule is Cn1c(C(=O)N2CCN(c3cccc(Cl)c3)CC2)cc2c(=O)oc3ccccc3c21. The highest BCUT2D eigenvalue weighted by Crippen LogP contribution is 2.26. The van der Waals surface area contributed by atoms with Crippen LogP contribution >= 0.6 is 11.6 Å². The maximum absolute atomic E-state index is 13.3. The fourth-order valence-electron chi connectivity index (χ4n) is 4.20. The highest BCUT2D eigenvalue weighted by molar-refractivity contribution is 6.30. The molecule has 4 aromatic rings. The normalized spacial score (nSPS) is 14.6. The van der Waals surface area contributed by atoms with Crippen molar-refractivity contribution in [1.82, 2.24) is 9.47 Å². The van der Waals surface area contributed by atoms with Crippen LogP contribution in [0.2, 0.25) is 5.02 Å². The summed E-state index contributed by atoms with van der Waals surface area (Å²) in [4.78, 5) is 29.8. The molecule has 0 unspecified atom stereocenters. The minimum Gasteiger partial charge on any atom is -0.422 e. The number of fused-ring (bicyclic) bond motifs is 3. The average molecular weight is 422 g/mol. The number of aromatic nitrogens is 1. The van der Waals surface area contributed by atoms with Gasteiger partial charge in [-0.3, -0.25) is 4.79 Å². The van der Waals surface area contributed by atoms with E-state index in [1.807, 2.05) is 54.4 Å². The van der Waals surface area contributed by atoms with Crippen LogP contribution in [0, 0.1) is 0 Å². The molecule has 0 radical (unpaired) electrons. The zero-order valence-electron chi connectivity index (χ0n) is 16.5. The van der Waals surface area contributed by atoms with E-state index in [1.165, 1.54) is 0 Å². The quantitative estimate of drug-likeness (QED) is 0.460. The summed E-state index contributed by atoms with van der Waals surface area (Å²) in [6, 6.07) is 16.8. The van der Waals surface area contributed by atoms with Crippen LogP contribution in [0.1, 0.15) is 10.5 Å². The van der Waals surface area contributed by atoms with Crippen LogP contribution < -0.4 is 10.5 Å². The van der Waals surface area contributed by atoms with Crippen molar-refractivity contribution in [2.75, 3.05) is 31.1 Å². The van der Waals surface area contributed by atoms with Crippen molar-refractivity contribution in [3.8, 4) is 0 Å². The lowest BCUT2D eigenvalue weighted by Crippen LogP contribution is -2.49. The molecule has 1 aliphatic heterocycles.